The zero-order valence-electron chi connectivity index (χ0n) is 15.3. The molecule has 0 heterocycles. The zero-order chi connectivity index (χ0) is 20.5. The van der Waals surface area contributed by atoms with Crippen molar-refractivity contribution in [2.24, 2.45) is 5.10 Å². The summed E-state index contributed by atoms with van der Waals surface area (Å²) in [5.74, 6) is -0.933. The van der Waals surface area contributed by atoms with E-state index in [1.165, 1.54) is 6.21 Å². The first kappa shape index (κ1) is 20.3. The first-order valence-electron chi connectivity index (χ1n) is 8.77. The molecule has 0 bridgehead atoms. The van der Waals surface area contributed by atoms with Gasteiger partial charge in [-0.1, -0.05) is 52.3 Å². The number of ether oxygens (including phenoxy) is 1. The van der Waals surface area contributed by atoms with Crippen LogP contribution in [0.1, 0.15) is 11.1 Å². The summed E-state index contributed by atoms with van der Waals surface area (Å²) in [6.07, 6.45) is 1.45. The van der Waals surface area contributed by atoms with E-state index < -0.39 is 11.8 Å². The van der Waals surface area contributed by atoms with Gasteiger partial charge in [-0.25, -0.2) is 5.43 Å². The van der Waals surface area contributed by atoms with Crippen molar-refractivity contribution in [3.8, 4) is 5.75 Å². The fraction of sp³-hybridized carbons (Fsp3) is 0.0455. The van der Waals surface area contributed by atoms with Gasteiger partial charge in [-0.15, -0.1) is 0 Å². The quantitative estimate of drug-likeness (QED) is 0.336. The second-order valence-corrected chi connectivity index (χ2v) is 6.92. The van der Waals surface area contributed by atoms with Crippen LogP contribution in [0.4, 0.5) is 5.69 Å². The molecule has 0 aliphatic rings. The number of nitrogens with zero attached hydrogens (tertiary/aromatic N) is 1. The number of amides is 2. The molecule has 6 nitrogen and oxygen atoms in total. The lowest BCUT2D eigenvalue weighted by molar-refractivity contribution is -0.136. The number of carbonyl (C=O) groups excluding carboxylic acids is 2. The van der Waals surface area contributed by atoms with E-state index in [0.717, 1.165) is 21.3 Å². The molecule has 29 heavy (non-hydrogen) atoms. The van der Waals surface area contributed by atoms with Gasteiger partial charge < -0.3 is 10.1 Å². The van der Waals surface area contributed by atoms with Gasteiger partial charge in [0.1, 0.15) is 12.4 Å². The van der Waals surface area contributed by atoms with Crippen molar-refractivity contribution in [2.45, 2.75) is 6.61 Å². The maximum absolute atomic E-state index is 11.9. The molecule has 146 valence electrons. The lowest BCUT2D eigenvalue weighted by Gasteiger charge is -2.06. The highest BCUT2D eigenvalue weighted by molar-refractivity contribution is 9.10. The Kier molecular flexibility index (Phi) is 7.13. The van der Waals surface area contributed by atoms with Gasteiger partial charge in [-0.05, 0) is 53.6 Å². The van der Waals surface area contributed by atoms with Crippen molar-refractivity contribution in [3.63, 3.8) is 0 Å². The number of hydrogen-bond acceptors (Lipinski definition) is 4. The van der Waals surface area contributed by atoms with Crippen molar-refractivity contribution in [3.05, 3.63) is 94.5 Å². The number of rotatable bonds is 6. The molecule has 0 saturated heterocycles. The molecule has 0 fully saturated rings. The molecule has 3 rings (SSSR count). The largest absolute Gasteiger partial charge is 0.489 e. The van der Waals surface area contributed by atoms with E-state index in [-0.39, 0.29) is 0 Å². The molecule has 0 aliphatic carbocycles. The van der Waals surface area contributed by atoms with Crippen LogP contribution in [-0.4, -0.2) is 18.0 Å². The monoisotopic (exact) mass is 451 g/mol. The van der Waals surface area contributed by atoms with Crippen LogP contribution in [0, 0.1) is 0 Å². The highest BCUT2D eigenvalue weighted by Crippen LogP contribution is 2.15. The van der Waals surface area contributed by atoms with Crippen LogP contribution in [-0.2, 0) is 16.2 Å². The van der Waals surface area contributed by atoms with E-state index in [9.17, 15) is 9.59 Å². The van der Waals surface area contributed by atoms with Gasteiger partial charge in [0.05, 0.1) is 6.21 Å². The summed E-state index contributed by atoms with van der Waals surface area (Å²) < 4.78 is 6.51. The lowest BCUT2D eigenvalue weighted by atomic mass is 10.2. The molecular formula is C22H18BrN3O3. The zero-order valence-corrected chi connectivity index (χ0v) is 16.9. The van der Waals surface area contributed by atoms with Gasteiger partial charge in [0, 0.05) is 10.2 Å². The van der Waals surface area contributed by atoms with Gasteiger partial charge in [0.15, 0.2) is 0 Å². The molecule has 0 unspecified atom stereocenters. The summed E-state index contributed by atoms with van der Waals surface area (Å²) in [6.45, 7) is 0.484. The molecule has 3 aromatic carbocycles. The Labute approximate surface area is 176 Å². The van der Waals surface area contributed by atoms with E-state index in [0.29, 0.717) is 12.3 Å². The normalized spacial score (nSPS) is 10.5. The van der Waals surface area contributed by atoms with E-state index >= 15 is 0 Å². The molecule has 0 aromatic heterocycles. The molecule has 7 heteroatoms. The topological polar surface area (TPSA) is 79.8 Å². The highest BCUT2D eigenvalue weighted by Gasteiger charge is 2.12. The minimum atomic E-state index is -0.857. The van der Waals surface area contributed by atoms with Crippen LogP contribution < -0.4 is 15.5 Å². The van der Waals surface area contributed by atoms with Crippen LogP contribution in [0.5, 0.6) is 5.75 Å². The first-order valence-corrected chi connectivity index (χ1v) is 9.56. The third kappa shape index (κ3) is 6.58. The van der Waals surface area contributed by atoms with Gasteiger partial charge in [0.2, 0.25) is 0 Å². The molecule has 3 aromatic rings. The van der Waals surface area contributed by atoms with E-state index in [4.69, 9.17) is 4.74 Å². The fourth-order valence-corrected chi connectivity index (χ4v) is 2.76. The number of anilines is 1. The average Bonchev–Trinajstić information content (AvgIpc) is 2.74. The van der Waals surface area contributed by atoms with Crippen LogP contribution in [0.2, 0.25) is 0 Å². The van der Waals surface area contributed by atoms with E-state index in [1.807, 2.05) is 48.5 Å². The second-order valence-electron chi connectivity index (χ2n) is 6.01. The van der Waals surface area contributed by atoms with Crippen LogP contribution in [0.3, 0.4) is 0 Å². The summed E-state index contributed by atoms with van der Waals surface area (Å²) in [7, 11) is 0. The third-order valence-corrected chi connectivity index (χ3v) is 4.29. The van der Waals surface area contributed by atoms with Crippen molar-refractivity contribution in [1.82, 2.24) is 5.43 Å². The SMILES string of the molecule is O=C(N/N=C\c1ccc(OCc2ccccc2)cc1)C(=O)Nc1cccc(Br)c1. The van der Waals surface area contributed by atoms with Crippen LogP contribution in [0.25, 0.3) is 0 Å². The lowest BCUT2D eigenvalue weighted by Crippen LogP contribution is -2.32. The predicted octanol–water partition coefficient (Wildman–Crippen LogP) is 4.12. The molecular weight excluding hydrogens is 434 g/mol. The fourth-order valence-electron chi connectivity index (χ4n) is 2.36. The van der Waals surface area contributed by atoms with Crippen molar-refractivity contribution < 1.29 is 14.3 Å². The van der Waals surface area contributed by atoms with Crippen molar-refractivity contribution in [1.29, 1.82) is 0 Å². The Hall–Kier alpha value is -3.45. The maximum Gasteiger partial charge on any atom is 0.329 e. The minimum absolute atomic E-state index is 0.484. The number of carbonyl (C=O) groups is 2. The Balaban J connectivity index is 1.47. The minimum Gasteiger partial charge on any atom is -0.489 e. The van der Waals surface area contributed by atoms with Gasteiger partial charge >= 0.3 is 11.8 Å². The summed E-state index contributed by atoms with van der Waals surface area (Å²) in [6, 6.07) is 24.1. The predicted molar refractivity (Wildman–Crippen MR) is 116 cm³/mol. The molecule has 0 spiro atoms. The van der Waals surface area contributed by atoms with E-state index in [2.05, 4.69) is 31.8 Å². The summed E-state index contributed by atoms with van der Waals surface area (Å²) in [5, 5.41) is 6.30. The number of halogens is 1. The highest BCUT2D eigenvalue weighted by atomic mass is 79.9. The average molecular weight is 452 g/mol. The summed E-state index contributed by atoms with van der Waals surface area (Å²) in [5.41, 5.74) is 4.55. The molecule has 2 N–H and O–H groups in total. The number of benzene rings is 3. The van der Waals surface area contributed by atoms with Crippen molar-refractivity contribution in [2.75, 3.05) is 5.32 Å². The van der Waals surface area contributed by atoms with Crippen molar-refractivity contribution >= 4 is 39.6 Å². The summed E-state index contributed by atoms with van der Waals surface area (Å²) in [4.78, 5) is 23.7. The molecule has 0 saturated carbocycles. The van der Waals surface area contributed by atoms with Gasteiger partial charge in [-0.3, -0.25) is 9.59 Å². The number of nitrogens with one attached hydrogen (secondary N) is 2. The second kappa shape index (κ2) is 10.2. The smallest absolute Gasteiger partial charge is 0.329 e. The Morgan fingerprint density at radius 2 is 1.69 bits per heavy atom. The Morgan fingerprint density at radius 3 is 2.41 bits per heavy atom. The molecule has 0 atom stereocenters. The summed E-state index contributed by atoms with van der Waals surface area (Å²) >= 11 is 3.30. The Bertz CT molecular complexity index is 1010. The van der Waals surface area contributed by atoms with Gasteiger partial charge in [-0.2, -0.15) is 5.10 Å². The maximum atomic E-state index is 11.9. The number of hydrazone groups is 1. The van der Waals surface area contributed by atoms with Crippen LogP contribution in [0.15, 0.2) is 88.4 Å². The standard InChI is InChI=1S/C22H18BrN3O3/c23-18-7-4-8-19(13-18)25-21(27)22(28)26-24-14-16-9-11-20(12-10-16)29-15-17-5-2-1-3-6-17/h1-14H,15H2,(H,25,27)(H,26,28)/b24-14-. The number of hydrogen-bond donors (Lipinski definition) is 2. The Morgan fingerprint density at radius 1 is 0.931 bits per heavy atom. The van der Waals surface area contributed by atoms with Crippen LogP contribution >= 0.6 is 15.9 Å². The third-order valence-electron chi connectivity index (χ3n) is 3.80. The molecule has 0 radical (unpaired) electrons. The molecule has 2 amide bonds. The van der Waals surface area contributed by atoms with Gasteiger partial charge in [0.25, 0.3) is 0 Å². The first-order chi connectivity index (χ1) is 14.1. The van der Waals surface area contributed by atoms with E-state index in [1.54, 1.807) is 30.3 Å². The molecule has 0 aliphatic heterocycles.